The third-order valence-electron chi connectivity index (χ3n) is 5.00. The van der Waals surface area contributed by atoms with Crippen molar-refractivity contribution in [1.29, 1.82) is 0 Å². The van der Waals surface area contributed by atoms with E-state index in [-0.39, 0.29) is 18.2 Å². The predicted molar refractivity (Wildman–Crippen MR) is 111 cm³/mol. The number of Topliss-reactive ketones (excluding diaryl/α,β-unsaturated/α-hetero) is 1. The van der Waals surface area contributed by atoms with Crippen LogP contribution in [0, 0.1) is 5.82 Å². The predicted octanol–water partition coefficient (Wildman–Crippen LogP) is 2.58. The van der Waals surface area contributed by atoms with E-state index >= 15 is 0 Å². The maximum Gasteiger partial charge on any atom is 0.337 e. The van der Waals surface area contributed by atoms with E-state index in [0.717, 1.165) is 0 Å². The summed E-state index contributed by atoms with van der Waals surface area (Å²) in [5, 5.41) is 2.78. The third-order valence-corrected chi connectivity index (χ3v) is 5.00. The maximum atomic E-state index is 14.4. The summed E-state index contributed by atoms with van der Waals surface area (Å²) in [4.78, 5) is 39.2. The summed E-state index contributed by atoms with van der Waals surface area (Å²) >= 11 is 0. The van der Waals surface area contributed by atoms with Crippen LogP contribution in [0.25, 0.3) is 0 Å². The number of hydrogen-bond donors (Lipinski definition) is 1. The summed E-state index contributed by atoms with van der Waals surface area (Å²) in [6, 6.07) is 11.1. The van der Waals surface area contributed by atoms with E-state index in [1.54, 1.807) is 36.4 Å². The number of rotatable bonds is 6. The number of hydrogen-bond acceptors (Lipinski definition) is 6. The van der Waals surface area contributed by atoms with Gasteiger partial charge in [-0.05, 0) is 43.3 Å². The van der Waals surface area contributed by atoms with Gasteiger partial charge in [0.15, 0.2) is 5.78 Å². The van der Waals surface area contributed by atoms with Crippen molar-refractivity contribution < 1.29 is 23.5 Å². The SMILES string of the molecule is COC(=O)c1cccc(NC(=O)CN2CCN(c3ccc(C(C)=O)cc3F)CC2)c1. The molecular formula is C22H24FN3O4. The average Bonchev–Trinajstić information content (AvgIpc) is 2.74. The van der Waals surface area contributed by atoms with Gasteiger partial charge in [0.2, 0.25) is 5.91 Å². The van der Waals surface area contributed by atoms with Gasteiger partial charge >= 0.3 is 5.97 Å². The van der Waals surface area contributed by atoms with Crippen LogP contribution in [0.2, 0.25) is 0 Å². The van der Waals surface area contributed by atoms with Gasteiger partial charge in [-0.1, -0.05) is 6.07 Å². The van der Waals surface area contributed by atoms with Crippen LogP contribution in [0.4, 0.5) is 15.8 Å². The summed E-state index contributed by atoms with van der Waals surface area (Å²) in [7, 11) is 1.30. The number of nitrogens with zero attached hydrogens (tertiary/aromatic N) is 2. The first-order chi connectivity index (χ1) is 14.4. The van der Waals surface area contributed by atoms with Crippen LogP contribution in [0.15, 0.2) is 42.5 Å². The second kappa shape index (κ2) is 9.49. The molecule has 1 aliphatic heterocycles. The number of carbonyl (C=O) groups excluding carboxylic acids is 3. The smallest absolute Gasteiger partial charge is 0.337 e. The Morgan fingerprint density at radius 2 is 1.77 bits per heavy atom. The van der Waals surface area contributed by atoms with E-state index in [9.17, 15) is 18.8 Å². The molecule has 0 atom stereocenters. The number of piperazine rings is 1. The molecule has 2 aromatic carbocycles. The number of amides is 1. The normalized spacial score (nSPS) is 14.3. The van der Waals surface area contributed by atoms with Crippen molar-refractivity contribution in [2.45, 2.75) is 6.92 Å². The standard InChI is InChI=1S/C22H24FN3O4/c1-15(27)16-6-7-20(19(23)13-16)26-10-8-25(9-11-26)14-21(28)24-18-5-3-4-17(12-18)22(29)30-2/h3-7,12-13H,8-11,14H2,1-2H3,(H,24,28). The zero-order chi connectivity index (χ0) is 21.7. The molecule has 0 unspecified atom stereocenters. The van der Waals surface area contributed by atoms with Crippen molar-refractivity contribution in [2.75, 3.05) is 50.1 Å². The van der Waals surface area contributed by atoms with Gasteiger partial charge in [0.25, 0.3) is 0 Å². The lowest BCUT2D eigenvalue weighted by atomic mass is 10.1. The highest BCUT2D eigenvalue weighted by molar-refractivity contribution is 5.95. The number of carbonyl (C=O) groups is 3. The summed E-state index contributed by atoms with van der Waals surface area (Å²) < 4.78 is 19.0. The first-order valence-electron chi connectivity index (χ1n) is 9.63. The molecule has 3 rings (SSSR count). The fraction of sp³-hybridized carbons (Fsp3) is 0.318. The summed E-state index contributed by atoms with van der Waals surface area (Å²) in [6.07, 6.45) is 0. The Bertz CT molecular complexity index is 955. The first kappa shape index (κ1) is 21.4. The number of nitrogens with one attached hydrogen (secondary N) is 1. The van der Waals surface area contributed by atoms with Gasteiger partial charge in [0, 0.05) is 37.4 Å². The molecule has 1 fully saturated rings. The third kappa shape index (κ3) is 5.21. The molecule has 30 heavy (non-hydrogen) atoms. The van der Waals surface area contributed by atoms with Gasteiger partial charge in [-0.15, -0.1) is 0 Å². The Morgan fingerprint density at radius 3 is 2.40 bits per heavy atom. The van der Waals surface area contributed by atoms with Gasteiger partial charge < -0.3 is 15.0 Å². The minimum absolute atomic E-state index is 0.173. The molecule has 1 saturated heterocycles. The number of methoxy groups -OCH3 is 1. The fourth-order valence-corrected chi connectivity index (χ4v) is 3.37. The fourth-order valence-electron chi connectivity index (χ4n) is 3.37. The molecule has 0 spiro atoms. The summed E-state index contributed by atoms with van der Waals surface area (Å²) in [5.74, 6) is -1.25. The maximum absolute atomic E-state index is 14.4. The second-order valence-electron chi connectivity index (χ2n) is 7.11. The van der Waals surface area contributed by atoms with E-state index < -0.39 is 11.8 Å². The molecule has 0 bridgehead atoms. The Morgan fingerprint density at radius 1 is 1.03 bits per heavy atom. The number of ether oxygens (including phenoxy) is 1. The number of ketones is 1. The lowest BCUT2D eigenvalue weighted by Crippen LogP contribution is -2.49. The molecule has 1 N–H and O–H groups in total. The van der Waals surface area contributed by atoms with Crippen LogP contribution in [0.1, 0.15) is 27.6 Å². The molecule has 158 valence electrons. The molecule has 1 aliphatic rings. The van der Waals surface area contributed by atoms with Crippen LogP contribution < -0.4 is 10.2 Å². The molecular weight excluding hydrogens is 389 g/mol. The quantitative estimate of drug-likeness (QED) is 0.579. The minimum Gasteiger partial charge on any atom is -0.465 e. The van der Waals surface area contributed by atoms with Crippen LogP contribution in [0.3, 0.4) is 0 Å². The molecule has 1 amide bonds. The van der Waals surface area contributed by atoms with E-state index in [0.29, 0.717) is 48.7 Å². The average molecular weight is 413 g/mol. The molecule has 0 aliphatic carbocycles. The second-order valence-corrected chi connectivity index (χ2v) is 7.11. The molecule has 7 nitrogen and oxygen atoms in total. The number of esters is 1. The van der Waals surface area contributed by atoms with Crippen molar-refractivity contribution in [2.24, 2.45) is 0 Å². The Hall–Kier alpha value is -3.26. The zero-order valence-electron chi connectivity index (χ0n) is 17.0. The van der Waals surface area contributed by atoms with Gasteiger partial charge in [-0.3, -0.25) is 14.5 Å². The largest absolute Gasteiger partial charge is 0.465 e. The highest BCUT2D eigenvalue weighted by Gasteiger charge is 2.21. The Labute approximate surface area is 174 Å². The van der Waals surface area contributed by atoms with Gasteiger partial charge in [-0.25, -0.2) is 9.18 Å². The van der Waals surface area contributed by atoms with E-state index in [1.165, 1.54) is 20.1 Å². The lowest BCUT2D eigenvalue weighted by Gasteiger charge is -2.35. The highest BCUT2D eigenvalue weighted by atomic mass is 19.1. The topological polar surface area (TPSA) is 79.0 Å². The molecule has 0 saturated carbocycles. The zero-order valence-corrected chi connectivity index (χ0v) is 17.0. The van der Waals surface area contributed by atoms with Crippen molar-refractivity contribution in [3.8, 4) is 0 Å². The number of anilines is 2. The minimum atomic E-state index is -0.467. The van der Waals surface area contributed by atoms with Crippen LogP contribution in [-0.2, 0) is 9.53 Å². The molecule has 2 aromatic rings. The molecule has 8 heteroatoms. The monoisotopic (exact) mass is 413 g/mol. The summed E-state index contributed by atoms with van der Waals surface area (Å²) in [5.41, 5.74) is 1.70. The van der Waals surface area contributed by atoms with Crippen molar-refractivity contribution in [1.82, 2.24) is 4.90 Å². The van der Waals surface area contributed by atoms with Crippen molar-refractivity contribution in [3.63, 3.8) is 0 Å². The molecule has 1 heterocycles. The molecule has 0 radical (unpaired) electrons. The van der Waals surface area contributed by atoms with Crippen molar-refractivity contribution >= 4 is 29.0 Å². The van der Waals surface area contributed by atoms with Crippen molar-refractivity contribution in [3.05, 3.63) is 59.4 Å². The molecule has 0 aromatic heterocycles. The van der Waals surface area contributed by atoms with Gasteiger partial charge in [0.1, 0.15) is 5.82 Å². The highest BCUT2D eigenvalue weighted by Crippen LogP contribution is 2.22. The Balaban J connectivity index is 1.53. The van der Waals surface area contributed by atoms with Crippen LogP contribution in [-0.4, -0.2) is 62.4 Å². The summed E-state index contributed by atoms with van der Waals surface area (Å²) in [6.45, 7) is 3.95. The van der Waals surface area contributed by atoms with Gasteiger partial charge in [-0.2, -0.15) is 0 Å². The van der Waals surface area contributed by atoms with E-state index in [2.05, 4.69) is 10.1 Å². The Kier molecular flexibility index (Phi) is 6.79. The van der Waals surface area contributed by atoms with Gasteiger partial charge in [0.05, 0.1) is 24.9 Å². The number of benzene rings is 2. The van der Waals surface area contributed by atoms with Crippen LogP contribution in [0.5, 0.6) is 0 Å². The number of halogens is 1. The first-order valence-corrected chi connectivity index (χ1v) is 9.63. The van der Waals surface area contributed by atoms with Crippen LogP contribution >= 0.6 is 0 Å². The van der Waals surface area contributed by atoms with E-state index in [1.807, 2.05) is 9.80 Å². The van der Waals surface area contributed by atoms with E-state index in [4.69, 9.17) is 0 Å². The lowest BCUT2D eigenvalue weighted by molar-refractivity contribution is -0.117.